The van der Waals surface area contributed by atoms with E-state index >= 15 is 0 Å². The maximum Gasteiger partial charge on any atom is 0.251 e. The number of piperidine rings is 1. The predicted octanol–water partition coefficient (Wildman–Crippen LogP) is 2.28. The molecule has 2 rings (SSSR count). The second-order valence-electron chi connectivity index (χ2n) is 5.69. The molecule has 2 unspecified atom stereocenters. The summed E-state index contributed by atoms with van der Waals surface area (Å²) in [7, 11) is 0. The molecule has 0 aromatic heterocycles. The lowest BCUT2D eigenvalue weighted by atomic mass is 9.88. The molecular weight excluding hydrogens is 236 g/mol. The van der Waals surface area contributed by atoms with Gasteiger partial charge in [0.25, 0.3) is 5.91 Å². The van der Waals surface area contributed by atoms with Crippen LogP contribution in [0.1, 0.15) is 34.8 Å². The Morgan fingerprint density at radius 3 is 2.95 bits per heavy atom. The zero-order valence-corrected chi connectivity index (χ0v) is 12.1. The Balaban J connectivity index is 1.95. The highest BCUT2D eigenvalue weighted by molar-refractivity contribution is 5.95. The Labute approximate surface area is 115 Å². The molecule has 1 heterocycles. The van der Waals surface area contributed by atoms with Gasteiger partial charge in [-0.15, -0.1) is 0 Å². The van der Waals surface area contributed by atoms with Crippen molar-refractivity contribution >= 4 is 5.91 Å². The smallest absolute Gasteiger partial charge is 0.251 e. The average molecular weight is 260 g/mol. The van der Waals surface area contributed by atoms with Crippen LogP contribution in [0, 0.1) is 25.7 Å². The highest BCUT2D eigenvalue weighted by Crippen LogP contribution is 2.18. The molecule has 2 N–H and O–H groups in total. The van der Waals surface area contributed by atoms with E-state index < -0.39 is 0 Å². The van der Waals surface area contributed by atoms with Crippen LogP contribution >= 0.6 is 0 Å². The summed E-state index contributed by atoms with van der Waals surface area (Å²) in [5.74, 6) is 1.29. The van der Waals surface area contributed by atoms with Crippen LogP contribution in [-0.4, -0.2) is 25.5 Å². The molecule has 1 amide bonds. The van der Waals surface area contributed by atoms with E-state index in [4.69, 9.17) is 0 Å². The van der Waals surface area contributed by atoms with E-state index in [1.165, 1.54) is 5.56 Å². The molecule has 2 atom stereocenters. The SMILES string of the molecule is Cc1cccc(C(=O)NCC2CCNCC2C)c1C. The highest BCUT2D eigenvalue weighted by Gasteiger charge is 2.21. The second-order valence-corrected chi connectivity index (χ2v) is 5.69. The molecule has 1 fully saturated rings. The van der Waals surface area contributed by atoms with Gasteiger partial charge in [-0.05, 0) is 62.4 Å². The first kappa shape index (κ1) is 14.1. The predicted molar refractivity (Wildman–Crippen MR) is 78.4 cm³/mol. The zero-order chi connectivity index (χ0) is 13.8. The fraction of sp³-hybridized carbons (Fsp3) is 0.562. The van der Waals surface area contributed by atoms with Crippen LogP contribution in [0.4, 0.5) is 0 Å². The number of nitrogens with one attached hydrogen (secondary N) is 2. The van der Waals surface area contributed by atoms with Gasteiger partial charge in [0, 0.05) is 12.1 Å². The van der Waals surface area contributed by atoms with Gasteiger partial charge in [-0.1, -0.05) is 19.1 Å². The molecule has 0 aliphatic carbocycles. The van der Waals surface area contributed by atoms with Crippen molar-refractivity contribution < 1.29 is 4.79 Å². The summed E-state index contributed by atoms with van der Waals surface area (Å²) in [6, 6.07) is 5.90. The maximum atomic E-state index is 12.2. The third-order valence-electron chi connectivity index (χ3n) is 4.34. The van der Waals surface area contributed by atoms with Gasteiger partial charge >= 0.3 is 0 Å². The highest BCUT2D eigenvalue weighted by atomic mass is 16.1. The van der Waals surface area contributed by atoms with E-state index in [1.807, 2.05) is 32.0 Å². The van der Waals surface area contributed by atoms with Gasteiger partial charge in [0.15, 0.2) is 0 Å². The molecule has 1 aromatic carbocycles. The fourth-order valence-corrected chi connectivity index (χ4v) is 2.69. The molecule has 0 bridgehead atoms. The van der Waals surface area contributed by atoms with Gasteiger partial charge < -0.3 is 10.6 Å². The summed E-state index contributed by atoms with van der Waals surface area (Å²) in [5.41, 5.74) is 3.06. The number of hydrogen-bond acceptors (Lipinski definition) is 2. The first-order chi connectivity index (χ1) is 9.09. The summed E-state index contributed by atoms with van der Waals surface area (Å²) >= 11 is 0. The van der Waals surface area contributed by atoms with Crippen molar-refractivity contribution in [3.8, 4) is 0 Å². The largest absolute Gasteiger partial charge is 0.352 e. The normalized spacial score (nSPS) is 23.1. The minimum Gasteiger partial charge on any atom is -0.352 e. The number of amides is 1. The Hall–Kier alpha value is -1.35. The number of aryl methyl sites for hydroxylation is 1. The van der Waals surface area contributed by atoms with E-state index in [0.717, 1.165) is 37.2 Å². The topological polar surface area (TPSA) is 41.1 Å². The van der Waals surface area contributed by atoms with Crippen LogP contribution in [0.5, 0.6) is 0 Å². The van der Waals surface area contributed by atoms with E-state index in [9.17, 15) is 4.79 Å². The Bertz CT molecular complexity index is 456. The summed E-state index contributed by atoms with van der Waals surface area (Å²) in [5, 5.41) is 6.49. The maximum absolute atomic E-state index is 12.2. The quantitative estimate of drug-likeness (QED) is 0.875. The van der Waals surface area contributed by atoms with Gasteiger partial charge in [-0.2, -0.15) is 0 Å². The van der Waals surface area contributed by atoms with Crippen molar-refractivity contribution in [1.29, 1.82) is 0 Å². The molecule has 3 nitrogen and oxygen atoms in total. The molecule has 0 saturated carbocycles. The van der Waals surface area contributed by atoms with Gasteiger partial charge in [-0.3, -0.25) is 4.79 Å². The van der Waals surface area contributed by atoms with Crippen molar-refractivity contribution in [1.82, 2.24) is 10.6 Å². The monoisotopic (exact) mass is 260 g/mol. The van der Waals surface area contributed by atoms with Crippen LogP contribution < -0.4 is 10.6 Å². The van der Waals surface area contributed by atoms with Crippen molar-refractivity contribution in [3.05, 3.63) is 34.9 Å². The van der Waals surface area contributed by atoms with E-state index in [0.29, 0.717) is 11.8 Å². The first-order valence-electron chi connectivity index (χ1n) is 7.14. The van der Waals surface area contributed by atoms with Crippen molar-refractivity contribution in [3.63, 3.8) is 0 Å². The Morgan fingerprint density at radius 1 is 1.42 bits per heavy atom. The van der Waals surface area contributed by atoms with Gasteiger partial charge in [0.05, 0.1) is 0 Å². The molecule has 1 saturated heterocycles. The molecule has 104 valence electrons. The van der Waals surface area contributed by atoms with Crippen LogP contribution in [0.2, 0.25) is 0 Å². The third-order valence-corrected chi connectivity index (χ3v) is 4.34. The molecule has 19 heavy (non-hydrogen) atoms. The molecular formula is C16H24N2O. The number of carbonyl (C=O) groups excluding carboxylic acids is 1. The molecule has 1 aliphatic heterocycles. The molecule has 1 aromatic rings. The minimum absolute atomic E-state index is 0.0620. The standard InChI is InChI=1S/C16H24N2O/c1-11-5-4-6-15(13(11)3)16(19)18-10-14-7-8-17-9-12(14)2/h4-6,12,14,17H,7-10H2,1-3H3,(H,18,19). The van der Waals surface area contributed by atoms with Crippen molar-refractivity contribution in [2.45, 2.75) is 27.2 Å². The number of rotatable bonds is 3. The second kappa shape index (κ2) is 6.20. The summed E-state index contributed by atoms with van der Waals surface area (Å²) < 4.78 is 0. The number of hydrogen-bond donors (Lipinski definition) is 2. The first-order valence-corrected chi connectivity index (χ1v) is 7.14. The summed E-state index contributed by atoms with van der Waals surface area (Å²) in [6.07, 6.45) is 1.15. The van der Waals surface area contributed by atoms with Gasteiger partial charge in [-0.25, -0.2) is 0 Å². The summed E-state index contributed by atoms with van der Waals surface area (Å²) in [6.45, 7) is 9.21. The molecule has 0 spiro atoms. The van der Waals surface area contributed by atoms with E-state index in [2.05, 4.69) is 17.6 Å². The Morgan fingerprint density at radius 2 is 2.21 bits per heavy atom. The van der Waals surface area contributed by atoms with Crippen LogP contribution in [0.15, 0.2) is 18.2 Å². The fourth-order valence-electron chi connectivity index (χ4n) is 2.69. The minimum atomic E-state index is 0.0620. The lowest BCUT2D eigenvalue weighted by molar-refractivity contribution is 0.0937. The van der Waals surface area contributed by atoms with Crippen LogP contribution in [-0.2, 0) is 0 Å². The Kier molecular flexibility index (Phi) is 4.59. The summed E-state index contributed by atoms with van der Waals surface area (Å²) in [4.78, 5) is 12.2. The molecule has 0 radical (unpaired) electrons. The van der Waals surface area contributed by atoms with E-state index in [1.54, 1.807) is 0 Å². The van der Waals surface area contributed by atoms with Crippen LogP contribution in [0.25, 0.3) is 0 Å². The van der Waals surface area contributed by atoms with E-state index in [-0.39, 0.29) is 5.91 Å². The zero-order valence-electron chi connectivity index (χ0n) is 12.1. The van der Waals surface area contributed by atoms with Crippen molar-refractivity contribution in [2.75, 3.05) is 19.6 Å². The average Bonchev–Trinajstić information content (AvgIpc) is 2.40. The van der Waals surface area contributed by atoms with Gasteiger partial charge in [0.2, 0.25) is 0 Å². The van der Waals surface area contributed by atoms with Crippen molar-refractivity contribution in [2.24, 2.45) is 11.8 Å². The lowest BCUT2D eigenvalue weighted by Crippen LogP contribution is -2.41. The molecule has 3 heteroatoms. The molecule has 1 aliphatic rings. The van der Waals surface area contributed by atoms with Gasteiger partial charge in [0.1, 0.15) is 0 Å². The number of benzene rings is 1. The third kappa shape index (κ3) is 3.35. The number of carbonyl (C=O) groups is 1. The lowest BCUT2D eigenvalue weighted by Gasteiger charge is -2.29. The van der Waals surface area contributed by atoms with Crippen LogP contribution in [0.3, 0.4) is 0 Å².